The van der Waals surface area contributed by atoms with Gasteiger partial charge in [-0.15, -0.1) is 0 Å². The van der Waals surface area contributed by atoms with Crippen LogP contribution in [0.15, 0.2) is 66.7 Å². The van der Waals surface area contributed by atoms with Gasteiger partial charge in [-0.3, -0.25) is 9.69 Å². The van der Waals surface area contributed by atoms with E-state index in [0.29, 0.717) is 16.8 Å². The number of likely N-dealkylation sites (tertiary alicyclic amines) is 1. The number of ether oxygens (including phenoxy) is 1. The molecule has 0 radical (unpaired) electrons. The number of nitriles is 1. The van der Waals surface area contributed by atoms with Gasteiger partial charge < -0.3 is 15.2 Å². The maximum Gasteiger partial charge on any atom is 0.255 e. The van der Waals surface area contributed by atoms with Gasteiger partial charge in [0.25, 0.3) is 5.91 Å². The van der Waals surface area contributed by atoms with Crippen molar-refractivity contribution in [3.05, 3.63) is 83.4 Å². The minimum absolute atomic E-state index is 0.199. The van der Waals surface area contributed by atoms with Crippen LogP contribution in [0.2, 0.25) is 0 Å². The smallest absolute Gasteiger partial charge is 0.255 e. The molecule has 1 aliphatic rings. The fourth-order valence-electron chi connectivity index (χ4n) is 4.11. The number of hydrogen-bond acceptors (Lipinski definition) is 5. The van der Waals surface area contributed by atoms with Crippen molar-refractivity contribution >= 4 is 11.6 Å². The van der Waals surface area contributed by atoms with E-state index in [4.69, 9.17) is 10.00 Å². The third-order valence-corrected chi connectivity index (χ3v) is 5.94. The molecule has 4 rings (SSSR count). The van der Waals surface area contributed by atoms with E-state index in [-0.39, 0.29) is 12.0 Å². The molecule has 6 nitrogen and oxygen atoms in total. The Balaban J connectivity index is 1.53. The van der Waals surface area contributed by atoms with E-state index in [1.165, 1.54) is 0 Å². The van der Waals surface area contributed by atoms with Crippen LogP contribution in [0.1, 0.15) is 34.3 Å². The molecule has 1 saturated heterocycles. The molecule has 1 amide bonds. The average molecular weight is 442 g/mol. The summed E-state index contributed by atoms with van der Waals surface area (Å²) in [4.78, 5) is 15.0. The topological polar surface area (TPSA) is 85.6 Å². The van der Waals surface area contributed by atoms with Crippen molar-refractivity contribution in [3.8, 4) is 22.9 Å². The molecule has 1 aliphatic heterocycles. The van der Waals surface area contributed by atoms with E-state index in [1.54, 1.807) is 31.4 Å². The van der Waals surface area contributed by atoms with Crippen LogP contribution < -0.4 is 10.1 Å². The van der Waals surface area contributed by atoms with Gasteiger partial charge >= 0.3 is 0 Å². The first kappa shape index (κ1) is 22.5. The van der Waals surface area contributed by atoms with Crippen LogP contribution in [0.4, 0.5) is 5.69 Å². The zero-order chi connectivity index (χ0) is 23.2. The molecular formula is C27H27N3O3. The molecular weight excluding hydrogens is 414 g/mol. The van der Waals surface area contributed by atoms with Gasteiger partial charge in [0, 0.05) is 36.4 Å². The van der Waals surface area contributed by atoms with Crippen molar-refractivity contribution in [1.82, 2.24) is 4.90 Å². The number of aliphatic hydroxyl groups is 1. The SMILES string of the molecule is COc1ccc(-c2cccc(NC(=O)c3cccc(C#N)c3)c2)cc1CN1CCC(O)CC1. The molecule has 2 N–H and O–H groups in total. The first-order chi connectivity index (χ1) is 16.1. The molecule has 33 heavy (non-hydrogen) atoms. The first-order valence-corrected chi connectivity index (χ1v) is 11.0. The lowest BCUT2D eigenvalue weighted by molar-refractivity contribution is 0.0789. The van der Waals surface area contributed by atoms with Gasteiger partial charge in [-0.25, -0.2) is 0 Å². The molecule has 0 aliphatic carbocycles. The Morgan fingerprint density at radius 2 is 1.85 bits per heavy atom. The second-order valence-electron chi connectivity index (χ2n) is 8.26. The maximum absolute atomic E-state index is 12.7. The summed E-state index contributed by atoms with van der Waals surface area (Å²) in [5.41, 5.74) is 4.68. The van der Waals surface area contributed by atoms with Crippen molar-refractivity contribution in [2.24, 2.45) is 0 Å². The zero-order valence-electron chi connectivity index (χ0n) is 18.6. The van der Waals surface area contributed by atoms with Crippen molar-refractivity contribution in [2.75, 3.05) is 25.5 Å². The van der Waals surface area contributed by atoms with Crippen molar-refractivity contribution in [2.45, 2.75) is 25.5 Å². The molecule has 0 bridgehead atoms. The number of carbonyl (C=O) groups is 1. The molecule has 168 valence electrons. The van der Waals surface area contributed by atoms with Gasteiger partial charge in [0.05, 0.1) is 24.8 Å². The Hall–Kier alpha value is -3.66. The van der Waals surface area contributed by atoms with E-state index < -0.39 is 0 Å². The fourth-order valence-corrected chi connectivity index (χ4v) is 4.11. The van der Waals surface area contributed by atoms with Crippen molar-refractivity contribution in [3.63, 3.8) is 0 Å². The molecule has 0 spiro atoms. The number of amides is 1. The Morgan fingerprint density at radius 1 is 1.09 bits per heavy atom. The summed E-state index contributed by atoms with van der Waals surface area (Å²) in [5, 5.41) is 21.8. The molecule has 1 fully saturated rings. The number of piperidine rings is 1. The Bertz CT molecular complexity index is 1180. The number of carbonyl (C=O) groups excluding carboxylic acids is 1. The molecule has 0 saturated carbocycles. The predicted octanol–water partition coefficient (Wildman–Crippen LogP) is 4.44. The van der Waals surface area contributed by atoms with Gasteiger partial charge in [0.2, 0.25) is 0 Å². The monoisotopic (exact) mass is 441 g/mol. The van der Waals surface area contributed by atoms with E-state index in [1.807, 2.05) is 36.4 Å². The van der Waals surface area contributed by atoms with Crippen molar-refractivity contribution < 1.29 is 14.6 Å². The zero-order valence-corrected chi connectivity index (χ0v) is 18.6. The lowest BCUT2D eigenvalue weighted by atomic mass is 10.0. The fraction of sp³-hybridized carbons (Fsp3) is 0.259. The highest BCUT2D eigenvalue weighted by molar-refractivity contribution is 6.04. The van der Waals surface area contributed by atoms with E-state index in [0.717, 1.165) is 54.9 Å². The highest BCUT2D eigenvalue weighted by Crippen LogP contribution is 2.30. The van der Waals surface area contributed by atoms with E-state index in [2.05, 4.69) is 22.4 Å². The number of aliphatic hydroxyl groups excluding tert-OH is 1. The molecule has 0 unspecified atom stereocenters. The van der Waals surface area contributed by atoms with Gasteiger partial charge in [-0.05, 0) is 66.4 Å². The van der Waals surface area contributed by atoms with E-state index in [9.17, 15) is 9.90 Å². The first-order valence-electron chi connectivity index (χ1n) is 11.0. The van der Waals surface area contributed by atoms with Gasteiger partial charge in [-0.2, -0.15) is 5.26 Å². The maximum atomic E-state index is 12.7. The Kier molecular flexibility index (Phi) is 7.04. The lowest BCUT2D eigenvalue weighted by Gasteiger charge is -2.30. The van der Waals surface area contributed by atoms with Gasteiger partial charge in [0.1, 0.15) is 5.75 Å². The van der Waals surface area contributed by atoms with Crippen LogP contribution in [0.3, 0.4) is 0 Å². The largest absolute Gasteiger partial charge is 0.496 e. The predicted molar refractivity (Wildman–Crippen MR) is 128 cm³/mol. The average Bonchev–Trinajstić information content (AvgIpc) is 2.85. The third-order valence-electron chi connectivity index (χ3n) is 5.94. The van der Waals surface area contributed by atoms with Crippen molar-refractivity contribution in [1.29, 1.82) is 5.26 Å². The van der Waals surface area contributed by atoms with Crippen LogP contribution in [-0.4, -0.2) is 42.2 Å². The normalized spacial score (nSPS) is 14.5. The molecule has 1 heterocycles. The summed E-state index contributed by atoms with van der Waals surface area (Å²) in [5.74, 6) is 0.582. The number of benzene rings is 3. The quantitative estimate of drug-likeness (QED) is 0.591. The van der Waals surface area contributed by atoms with E-state index >= 15 is 0 Å². The number of rotatable bonds is 6. The number of hydrogen-bond donors (Lipinski definition) is 2. The summed E-state index contributed by atoms with van der Waals surface area (Å²) in [6.07, 6.45) is 1.39. The molecule has 3 aromatic carbocycles. The Labute approximate surface area is 194 Å². The number of anilines is 1. The van der Waals surface area contributed by atoms with Crippen LogP contribution in [-0.2, 0) is 6.54 Å². The highest BCUT2D eigenvalue weighted by atomic mass is 16.5. The second kappa shape index (κ2) is 10.3. The lowest BCUT2D eigenvalue weighted by Crippen LogP contribution is -2.35. The number of nitrogens with zero attached hydrogens (tertiary/aromatic N) is 2. The Morgan fingerprint density at radius 3 is 2.61 bits per heavy atom. The highest BCUT2D eigenvalue weighted by Gasteiger charge is 2.18. The molecule has 6 heteroatoms. The summed E-state index contributed by atoms with van der Waals surface area (Å²) in [7, 11) is 1.68. The van der Waals surface area contributed by atoms with Crippen LogP contribution in [0.25, 0.3) is 11.1 Å². The minimum atomic E-state index is -0.257. The third kappa shape index (κ3) is 5.58. The van der Waals surface area contributed by atoms with Crippen LogP contribution >= 0.6 is 0 Å². The standard InChI is InChI=1S/C27H27N3O3/c1-33-26-9-8-21(15-23(26)18-30-12-10-25(31)11-13-30)20-5-3-7-24(16-20)29-27(32)22-6-2-4-19(14-22)17-28/h2-9,14-16,25,31H,10-13,18H2,1H3,(H,29,32). The number of nitrogens with one attached hydrogen (secondary N) is 1. The molecule has 3 aromatic rings. The molecule has 0 atom stereocenters. The second-order valence-corrected chi connectivity index (χ2v) is 8.26. The van der Waals surface area contributed by atoms with Crippen LogP contribution in [0, 0.1) is 11.3 Å². The van der Waals surface area contributed by atoms with Crippen LogP contribution in [0.5, 0.6) is 5.75 Å². The summed E-state index contributed by atoms with van der Waals surface area (Å²) < 4.78 is 5.59. The number of methoxy groups -OCH3 is 1. The summed E-state index contributed by atoms with van der Waals surface area (Å²) in [6.45, 7) is 2.49. The minimum Gasteiger partial charge on any atom is -0.496 e. The van der Waals surface area contributed by atoms with Gasteiger partial charge in [0.15, 0.2) is 0 Å². The molecule has 0 aromatic heterocycles. The summed E-state index contributed by atoms with van der Waals surface area (Å²) >= 11 is 0. The summed E-state index contributed by atoms with van der Waals surface area (Å²) in [6, 6.07) is 22.5. The van der Waals surface area contributed by atoms with Gasteiger partial charge in [-0.1, -0.05) is 24.3 Å².